The zero-order valence-corrected chi connectivity index (χ0v) is 21.4. The van der Waals surface area contributed by atoms with E-state index in [9.17, 15) is 9.59 Å². The number of carbonyl (C=O) groups is 2. The molecule has 0 bridgehead atoms. The summed E-state index contributed by atoms with van der Waals surface area (Å²) in [6.45, 7) is -0.330. The summed E-state index contributed by atoms with van der Waals surface area (Å²) in [5, 5.41) is 0.768. The predicted molar refractivity (Wildman–Crippen MR) is 136 cm³/mol. The molecule has 0 saturated carbocycles. The summed E-state index contributed by atoms with van der Waals surface area (Å²) in [6, 6.07) is 16.6. The van der Waals surface area contributed by atoms with E-state index in [1.807, 2.05) is 0 Å². The molecule has 2 aromatic heterocycles. The summed E-state index contributed by atoms with van der Waals surface area (Å²) < 4.78 is 35.0. The maximum absolute atomic E-state index is 15.9. The molecule has 1 fully saturated rings. The van der Waals surface area contributed by atoms with Crippen molar-refractivity contribution in [2.24, 2.45) is 0 Å². The number of hydrogen-bond acceptors (Lipinski definition) is 7. The van der Waals surface area contributed by atoms with Crippen molar-refractivity contribution in [1.29, 1.82) is 0 Å². The van der Waals surface area contributed by atoms with E-state index in [1.165, 1.54) is 10.9 Å². The Labute approximate surface area is 223 Å². The molecule has 0 spiro atoms. The Balaban J connectivity index is 1.43. The van der Waals surface area contributed by atoms with Gasteiger partial charge in [-0.05, 0) is 46.9 Å². The van der Waals surface area contributed by atoms with Crippen LogP contribution in [0.3, 0.4) is 0 Å². The fourth-order valence-electron chi connectivity index (χ4n) is 3.97. The average molecular weight is 622 g/mol. The first kappa shape index (κ1) is 24.6. The number of aromatic nitrogens is 3. The van der Waals surface area contributed by atoms with Gasteiger partial charge in [0.25, 0.3) is 0 Å². The number of ether oxygens (including phenoxy) is 3. The minimum atomic E-state index is -1.79. The molecule has 4 atom stereocenters. The lowest BCUT2D eigenvalue weighted by Crippen LogP contribution is -2.37. The minimum Gasteiger partial charge on any atom is -0.459 e. The highest BCUT2D eigenvalue weighted by Gasteiger charge is 2.50. The minimum absolute atomic E-state index is 0.219. The fraction of sp³-hybridized carbons (Fsp3) is 0.200. The fourth-order valence-corrected chi connectivity index (χ4v) is 5.16. The molecule has 5 rings (SSSR count). The second-order valence-electron chi connectivity index (χ2n) is 7.96. The highest BCUT2D eigenvalue weighted by molar-refractivity contribution is 14.1. The highest BCUT2D eigenvalue weighted by Crippen LogP contribution is 2.38. The van der Waals surface area contributed by atoms with Crippen LogP contribution in [0.4, 0.5) is 4.39 Å². The third kappa shape index (κ3) is 4.80. The van der Waals surface area contributed by atoms with Gasteiger partial charge in [-0.15, -0.1) is 0 Å². The predicted octanol–water partition coefficient (Wildman–Crippen LogP) is 5.01. The monoisotopic (exact) mass is 621 g/mol. The van der Waals surface area contributed by atoms with Crippen LogP contribution in [0, 0.1) is 3.57 Å². The van der Waals surface area contributed by atoms with Crippen LogP contribution in [-0.4, -0.2) is 51.5 Å². The molecule has 2 aromatic carbocycles. The van der Waals surface area contributed by atoms with E-state index in [-0.39, 0.29) is 17.3 Å². The second kappa shape index (κ2) is 10.5. The second-order valence-corrected chi connectivity index (χ2v) is 9.48. The van der Waals surface area contributed by atoms with Gasteiger partial charge in [0, 0.05) is 9.77 Å². The smallest absolute Gasteiger partial charge is 0.338 e. The Kier molecular flexibility index (Phi) is 7.17. The SMILES string of the molecule is O=C(OC[C@H]1O[C@@H](n2cc(I)c3c(Cl)ncnc32)[C@@H](F)[C@@H]1OC(=O)c1ccccc1)c1ccccc1. The number of hydrogen-bond donors (Lipinski definition) is 0. The van der Waals surface area contributed by atoms with Crippen molar-refractivity contribution in [1.82, 2.24) is 14.5 Å². The summed E-state index contributed by atoms with van der Waals surface area (Å²) >= 11 is 8.27. The summed E-state index contributed by atoms with van der Waals surface area (Å²) in [7, 11) is 0. The normalized spacial score (nSPS) is 21.4. The molecule has 1 aliphatic heterocycles. The zero-order valence-electron chi connectivity index (χ0n) is 18.5. The van der Waals surface area contributed by atoms with Gasteiger partial charge in [-0.3, -0.25) is 0 Å². The van der Waals surface area contributed by atoms with Crippen molar-refractivity contribution in [2.45, 2.75) is 24.6 Å². The molecule has 0 N–H and O–H groups in total. The number of benzene rings is 2. The third-order valence-corrected chi connectivity index (χ3v) is 6.80. The number of esters is 2. The van der Waals surface area contributed by atoms with E-state index in [0.29, 0.717) is 20.2 Å². The standard InChI is InChI=1S/C25H18ClFIN3O5/c26-21-18-16(28)11-31(22(18)30-13-29-21)23-19(27)20(36-25(33)15-9-5-2-6-10-15)17(35-23)12-34-24(32)14-7-3-1-4-8-14/h1-11,13,17,19-20,23H,12H2/t17-,19+,20-,23-/m1/s1. The molecule has 11 heteroatoms. The van der Waals surface area contributed by atoms with Gasteiger partial charge < -0.3 is 18.8 Å². The topological polar surface area (TPSA) is 92.5 Å². The molecule has 1 aliphatic rings. The van der Waals surface area contributed by atoms with Crippen LogP contribution < -0.4 is 0 Å². The van der Waals surface area contributed by atoms with Crippen LogP contribution >= 0.6 is 34.2 Å². The molecule has 1 saturated heterocycles. The van der Waals surface area contributed by atoms with Crippen molar-refractivity contribution < 1.29 is 28.2 Å². The van der Waals surface area contributed by atoms with E-state index in [4.69, 9.17) is 25.8 Å². The first-order valence-electron chi connectivity index (χ1n) is 10.9. The largest absolute Gasteiger partial charge is 0.459 e. The zero-order chi connectivity index (χ0) is 25.2. The van der Waals surface area contributed by atoms with Crippen LogP contribution in [0.1, 0.15) is 26.9 Å². The molecule has 0 unspecified atom stereocenters. The Morgan fingerprint density at radius 2 is 1.67 bits per heavy atom. The Morgan fingerprint density at radius 1 is 1.03 bits per heavy atom. The highest BCUT2D eigenvalue weighted by atomic mass is 127. The lowest BCUT2D eigenvalue weighted by atomic mass is 10.1. The first-order valence-corrected chi connectivity index (χ1v) is 12.3. The molecule has 36 heavy (non-hydrogen) atoms. The third-order valence-electron chi connectivity index (χ3n) is 5.70. The van der Waals surface area contributed by atoms with Crippen LogP contribution in [0.5, 0.6) is 0 Å². The maximum atomic E-state index is 15.9. The van der Waals surface area contributed by atoms with Crippen molar-refractivity contribution in [3.63, 3.8) is 0 Å². The molecular weight excluding hydrogens is 604 g/mol. The van der Waals surface area contributed by atoms with Gasteiger partial charge in [0.1, 0.15) is 29.8 Å². The maximum Gasteiger partial charge on any atom is 0.338 e. The summed E-state index contributed by atoms with van der Waals surface area (Å²) in [4.78, 5) is 33.5. The lowest BCUT2D eigenvalue weighted by Gasteiger charge is -2.19. The van der Waals surface area contributed by atoms with E-state index >= 15 is 4.39 Å². The molecule has 0 amide bonds. The van der Waals surface area contributed by atoms with E-state index in [1.54, 1.807) is 66.9 Å². The van der Waals surface area contributed by atoms with Crippen molar-refractivity contribution in [3.8, 4) is 0 Å². The van der Waals surface area contributed by atoms with Gasteiger partial charge in [0.15, 0.2) is 18.5 Å². The van der Waals surface area contributed by atoms with Gasteiger partial charge in [-0.2, -0.15) is 0 Å². The number of halogens is 3. The van der Waals surface area contributed by atoms with Crippen LogP contribution in [0.25, 0.3) is 11.0 Å². The van der Waals surface area contributed by atoms with Crippen molar-refractivity contribution >= 4 is 57.2 Å². The van der Waals surface area contributed by atoms with Crippen LogP contribution in [-0.2, 0) is 14.2 Å². The van der Waals surface area contributed by atoms with Gasteiger partial charge in [0.2, 0.25) is 0 Å². The van der Waals surface area contributed by atoms with Crippen molar-refractivity contribution in [3.05, 3.63) is 93.0 Å². The van der Waals surface area contributed by atoms with Crippen molar-refractivity contribution in [2.75, 3.05) is 6.61 Å². The van der Waals surface area contributed by atoms with Gasteiger partial charge in [0.05, 0.1) is 16.5 Å². The van der Waals surface area contributed by atoms with Gasteiger partial charge in [-0.25, -0.2) is 23.9 Å². The molecule has 3 heterocycles. The molecule has 0 aliphatic carbocycles. The van der Waals surface area contributed by atoms with E-state index in [2.05, 4.69) is 32.6 Å². The Hall–Kier alpha value is -3.09. The van der Waals surface area contributed by atoms with Crippen LogP contribution in [0.2, 0.25) is 5.15 Å². The van der Waals surface area contributed by atoms with E-state index in [0.717, 1.165) is 0 Å². The molecular formula is C25H18ClFIN3O5. The number of nitrogens with zero attached hydrogens (tertiary/aromatic N) is 3. The average Bonchev–Trinajstić information content (AvgIpc) is 3.40. The summed E-state index contributed by atoms with van der Waals surface area (Å²) in [6.07, 6.45) is -2.52. The molecule has 4 aromatic rings. The number of carbonyl (C=O) groups excluding carboxylic acids is 2. The molecule has 8 nitrogen and oxygen atoms in total. The van der Waals surface area contributed by atoms with Gasteiger partial charge >= 0.3 is 11.9 Å². The van der Waals surface area contributed by atoms with E-state index < -0.39 is 36.5 Å². The van der Waals surface area contributed by atoms with Gasteiger partial charge in [-0.1, -0.05) is 48.0 Å². The Morgan fingerprint density at radius 3 is 2.33 bits per heavy atom. The first-order chi connectivity index (χ1) is 17.4. The number of alkyl halides is 1. The van der Waals surface area contributed by atoms with Crippen LogP contribution in [0.15, 0.2) is 73.2 Å². The molecule has 0 radical (unpaired) electrons. The quantitative estimate of drug-likeness (QED) is 0.170. The number of fused-ring (bicyclic) bond motifs is 1. The summed E-state index contributed by atoms with van der Waals surface area (Å²) in [5.41, 5.74) is 0.953. The lowest BCUT2D eigenvalue weighted by molar-refractivity contribution is -0.0569. The molecule has 184 valence electrons. The Bertz CT molecular complexity index is 1410. The summed E-state index contributed by atoms with van der Waals surface area (Å²) in [5.74, 6) is -1.32. The number of rotatable bonds is 6.